The number of nitrogens with zero attached hydrogens (tertiary/aromatic N) is 2. The Hall–Kier alpha value is -2.88. The molecule has 0 radical (unpaired) electrons. The fraction of sp³-hybridized carbons (Fsp3) is 0.160. The van der Waals surface area contributed by atoms with Crippen molar-refractivity contribution < 1.29 is 22.1 Å². The minimum atomic E-state index is 0. The summed E-state index contributed by atoms with van der Waals surface area (Å²) in [5.74, 6) is 0. The van der Waals surface area contributed by atoms with Gasteiger partial charge in [-0.1, -0.05) is 43.0 Å². The number of fused-ring (bicyclic) bond motifs is 2. The van der Waals surface area contributed by atoms with E-state index in [-0.39, 0.29) is 19.0 Å². The van der Waals surface area contributed by atoms with Crippen molar-refractivity contribution in [2.24, 2.45) is 0 Å². The molecule has 0 spiro atoms. The lowest BCUT2D eigenvalue weighted by atomic mass is 9.95. The second-order valence-corrected chi connectivity index (χ2v) is 7.00. The third-order valence-corrected chi connectivity index (χ3v) is 5.27. The Balaban J connectivity index is 0.00000240. The molecule has 3 nitrogen and oxygen atoms in total. The molecule has 4 rings (SSSR count). The van der Waals surface area contributed by atoms with Gasteiger partial charge < -0.3 is 22.4 Å². The Labute approximate surface area is 177 Å². The molecule has 0 aliphatic rings. The second-order valence-electron chi connectivity index (χ2n) is 7.00. The van der Waals surface area contributed by atoms with Crippen LogP contribution in [0.15, 0.2) is 85.5 Å². The molecule has 0 atom stereocenters. The Morgan fingerprint density at radius 2 is 1.45 bits per heavy atom. The highest BCUT2D eigenvalue weighted by molar-refractivity contribution is 6.07. The molecule has 4 heteroatoms. The molecule has 0 aliphatic carbocycles. The van der Waals surface area contributed by atoms with Crippen molar-refractivity contribution in [3.05, 3.63) is 85.5 Å². The van der Waals surface area contributed by atoms with Gasteiger partial charge in [0.2, 0.25) is 11.0 Å². The van der Waals surface area contributed by atoms with Crippen molar-refractivity contribution in [1.29, 1.82) is 0 Å². The summed E-state index contributed by atoms with van der Waals surface area (Å²) in [5.41, 5.74) is 5.96. The number of benzene rings is 3. The highest BCUT2D eigenvalue weighted by Crippen LogP contribution is 2.34. The van der Waals surface area contributed by atoms with E-state index in [2.05, 4.69) is 88.8 Å². The number of aliphatic hydroxyl groups is 1. The highest BCUT2D eigenvalue weighted by Gasteiger charge is 2.20. The van der Waals surface area contributed by atoms with Crippen LogP contribution < -0.4 is 21.9 Å². The maximum absolute atomic E-state index is 9.19. The first-order valence-corrected chi connectivity index (χ1v) is 9.61. The fourth-order valence-corrected chi connectivity index (χ4v) is 3.91. The maximum atomic E-state index is 9.19. The number of aromatic nitrogens is 1. The molecule has 0 amide bonds. The normalized spacial score (nSPS) is 10.7. The molecule has 3 aromatic carbocycles. The summed E-state index contributed by atoms with van der Waals surface area (Å²) < 4.78 is 2.32. The zero-order chi connectivity index (χ0) is 19.5. The van der Waals surface area contributed by atoms with E-state index >= 15 is 0 Å². The lowest BCUT2D eigenvalue weighted by molar-refractivity contribution is -0.634. The molecular weight excluding hydrogens is 380 g/mol. The maximum Gasteiger partial charge on any atom is 0.213 e. The molecule has 0 bridgehead atoms. The van der Waals surface area contributed by atoms with Crippen molar-refractivity contribution in [1.82, 2.24) is 0 Å². The molecule has 1 aromatic heterocycles. The van der Waals surface area contributed by atoms with Crippen LogP contribution in [-0.4, -0.2) is 25.3 Å². The second kappa shape index (κ2) is 9.08. The minimum absolute atomic E-state index is 0. The van der Waals surface area contributed by atoms with E-state index in [1.807, 2.05) is 13.1 Å². The molecule has 4 aromatic rings. The zero-order valence-electron chi connectivity index (χ0n) is 16.6. The number of hydrogen-bond donors (Lipinski definition) is 1. The van der Waals surface area contributed by atoms with Gasteiger partial charge in [0.15, 0.2) is 6.54 Å². The number of pyridine rings is 1. The van der Waals surface area contributed by atoms with Crippen LogP contribution in [0.4, 0.5) is 5.69 Å². The van der Waals surface area contributed by atoms with Crippen LogP contribution in [-0.2, 0) is 6.54 Å². The van der Waals surface area contributed by atoms with E-state index < -0.39 is 0 Å². The van der Waals surface area contributed by atoms with Gasteiger partial charge in [-0.05, 0) is 35.9 Å². The summed E-state index contributed by atoms with van der Waals surface area (Å²) in [6, 6.07) is 25.7. The van der Waals surface area contributed by atoms with Crippen LogP contribution in [0.2, 0.25) is 0 Å². The molecule has 0 saturated heterocycles. The molecule has 0 unspecified atom stereocenters. The van der Waals surface area contributed by atoms with Crippen LogP contribution in [0.1, 0.15) is 0 Å². The van der Waals surface area contributed by atoms with E-state index in [1.54, 1.807) is 0 Å². The molecule has 148 valence electrons. The van der Waals surface area contributed by atoms with Gasteiger partial charge in [0.25, 0.3) is 0 Å². The number of likely N-dealkylation sites (N-methyl/N-ethyl adjacent to an activating group) is 1. The monoisotopic (exact) mass is 404 g/mol. The van der Waals surface area contributed by atoms with Crippen LogP contribution in [0.3, 0.4) is 0 Å². The minimum Gasteiger partial charge on any atom is -1.00 e. The number of hydrogen-bond acceptors (Lipinski definition) is 2. The standard InChI is InChI=1S/C25H25N2O.ClH/c1-3-16-27-23-10-6-4-8-21(23)25(22-9-5-7-11-24(22)27)19-12-14-20(15-13-19)26(2)17-18-28;/h3-15,28H,1,16-18H2,2H3;1H/q+1;/p-1. The summed E-state index contributed by atoms with van der Waals surface area (Å²) in [5, 5.41) is 11.7. The third kappa shape index (κ3) is 3.84. The summed E-state index contributed by atoms with van der Waals surface area (Å²) in [6.07, 6.45) is 1.95. The van der Waals surface area contributed by atoms with E-state index in [0.717, 1.165) is 12.2 Å². The van der Waals surface area contributed by atoms with Crippen LogP contribution in [0.25, 0.3) is 32.9 Å². The summed E-state index contributed by atoms with van der Waals surface area (Å²) in [6.45, 7) is 5.49. The van der Waals surface area contributed by atoms with Gasteiger partial charge in [-0.25, -0.2) is 0 Å². The van der Waals surface area contributed by atoms with Crippen molar-refractivity contribution in [3.63, 3.8) is 0 Å². The lowest BCUT2D eigenvalue weighted by Gasteiger charge is -2.18. The quantitative estimate of drug-likeness (QED) is 0.300. The van der Waals surface area contributed by atoms with E-state index in [4.69, 9.17) is 0 Å². The van der Waals surface area contributed by atoms with Crippen molar-refractivity contribution in [2.45, 2.75) is 6.54 Å². The first-order valence-electron chi connectivity index (χ1n) is 9.61. The van der Waals surface area contributed by atoms with Crippen molar-refractivity contribution in [2.75, 3.05) is 25.1 Å². The third-order valence-electron chi connectivity index (χ3n) is 5.27. The van der Waals surface area contributed by atoms with E-state index in [0.29, 0.717) is 6.54 Å². The Morgan fingerprint density at radius 1 is 0.897 bits per heavy atom. The smallest absolute Gasteiger partial charge is 0.213 e. The summed E-state index contributed by atoms with van der Waals surface area (Å²) >= 11 is 0. The van der Waals surface area contributed by atoms with Crippen molar-refractivity contribution in [3.8, 4) is 11.1 Å². The molecule has 1 heterocycles. The molecule has 1 N–H and O–H groups in total. The molecule has 29 heavy (non-hydrogen) atoms. The van der Waals surface area contributed by atoms with Gasteiger partial charge in [0.1, 0.15) is 0 Å². The van der Waals surface area contributed by atoms with E-state index in [9.17, 15) is 5.11 Å². The Kier molecular flexibility index (Phi) is 6.53. The summed E-state index contributed by atoms with van der Waals surface area (Å²) in [7, 11) is 2.00. The van der Waals surface area contributed by atoms with Crippen molar-refractivity contribution >= 4 is 27.5 Å². The Bertz CT molecular complexity index is 1080. The average Bonchev–Trinajstić information content (AvgIpc) is 2.74. The largest absolute Gasteiger partial charge is 1.00 e. The van der Waals surface area contributed by atoms with Gasteiger partial charge >= 0.3 is 0 Å². The first kappa shape index (κ1) is 20.8. The predicted octanol–water partition coefficient (Wildman–Crippen LogP) is 1.57. The van der Waals surface area contributed by atoms with Crippen LogP contribution in [0, 0.1) is 0 Å². The predicted molar refractivity (Wildman–Crippen MR) is 118 cm³/mol. The first-order chi connectivity index (χ1) is 13.7. The number of anilines is 1. The molecule has 0 fully saturated rings. The Morgan fingerprint density at radius 3 is 1.97 bits per heavy atom. The van der Waals surface area contributed by atoms with Gasteiger partial charge in [0, 0.05) is 37.0 Å². The topological polar surface area (TPSA) is 27.4 Å². The molecule has 0 saturated carbocycles. The van der Waals surface area contributed by atoms with Crippen LogP contribution >= 0.6 is 0 Å². The van der Waals surface area contributed by atoms with E-state index in [1.165, 1.54) is 32.9 Å². The average molecular weight is 405 g/mol. The highest BCUT2D eigenvalue weighted by atomic mass is 35.5. The lowest BCUT2D eigenvalue weighted by Crippen LogP contribution is -3.00. The van der Waals surface area contributed by atoms with Gasteiger partial charge in [-0.3, -0.25) is 0 Å². The zero-order valence-corrected chi connectivity index (χ0v) is 17.3. The fourth-order valence-electron chi connectivity index (χ4n) is 3.91. The number of aliphatic hydroxyl groups excluding tert-OH is 1. The van der Waals surface area contributed by atoms with Gasteiger partial charge in [-0.15, -0.1) is 0 Å². The number of para-hydroxylation sites is 2. The summed E-state index contributed by atoms with van der Waals surface area (Å²) in [4.78, 5) is 2.06. The number of allylic oxidation sites excluding steroid dienone is 1. The van der Waals surface area contributed by atoms with Gasteiger partial charge in [0.05, 0.1) is 17.4 Å². The SMILES string of the molecule is C=CC[n+]1c2ccccc2c(-c2ccc(N(C)CCO)cc2)c2ccccc21.[Cl-]. The van der Waals surface area contributed by atoms with Crippen LogP contribution in [0.5, 0.6) is 0 Å². The molecule has 0 aliphatic heterocycles. The number of rotatable bonds is 6. The van der Waals surface area contributed by atoms with Gasteiger partial charge in [-0.2, -0.15) is 4.57 Å². The number of halogens is 1. The molecular formula is C25H25ClN2O.